The molecule has 0 atom stereocenters. The predicted octanol–water partition coefficient (Wildman–Crippen LogP) is 8.44. The van der Waals surface area contributed by atoms with E-state index in [1.54, 1.807) is 12.1 Å². The molecule has 0 radical (unpaired) electrons. The fraction of sp³-hybridized carbons (Fsp3) is 0.516. The summed E-state index contributed by atoms with van der Waals surface area (Å²) in [6, 6.07) is 15.4. The summed E-state index contributed by atoms with van der Waals surface area (Å²) in [7, 11) is 0. The maximum atomic E-state index is 8.95. The summed E-state index contributed by atoms with van der Waals surface area (Å²) in [5.41, 5.74) is 2.42. The minimum absolute atomic E-state index is 0.641. The van der Waals surface area contributed by atoms with Gasteiger partial charge in [0.05, 0.1) is 24.8 Å². The Morgan fingerprint density at radius 1 is 0.559 bits per heavy atom. The SMILES string of the molecule is CCCCCCCCOc1ccc(C#Cc2ccc(C#N)cc2)cc1OCCCCCCCC. The van der Waals surface area contributed by atoms with Crippen LogP contribution in [0.3, 0.4) is 0 Å². The monoisotopic (exact) mass is 459 g/mol. The Kier molecular flexibility index (Phi) is 14.1. The zero-order valence-electron chi connectivity index (χ0n) is 21.2. The molecule has 0 aliphatic heterocycles. The number of hydrogen-bond donors (Lipinski definition) is 0. The summed E-state index contributed by atoms with van der Waals surface area (Å²) in [4.78, 5) is 0. The van der Waals surface area contributed by atoms with Crippen LogP contribution >= 0.6 is 0 Å². The van der Waals surface area contributed by atoms with Crippen molar-refractivity contribution in [1.29, 1.82) is 5.26 Å². The van der Waals surface area contributed by atoms with Crippen molar-refractivity contribution in [2.45, 2.75) is 90.9 Å². The van der Waals surface area contributed by atoms with Crippen molar-refractivity contribution < 1.29 is 9.47 Å². The van der Waals surface area contributed by atoms with E-state index in [9.17, 15) is 0 Å². The first-order chi connectivity index (χ1) is 16.8. The van der Waals surface area contributed by atoms with Crippen molar-refractivity contribution in [3.8, 4) is 29.4 Å². The van der Waals surface area contributed by atoms with E-state index in [4.69, 9.17) is 14.7 Å². The van der Waals surface area contributed by atoms with Crippen molar-refractivity contribution in [3.05, 3.63) is 59.2 Å². The molecule has 182 valence electrons. The Labute approximate surface area is 207 Å². The molecule has 0 saturated heterocycles. The fourth-order valence-electron chi connectivity index (χ4n) is 3.72. The van der Waals surface area contributed by atoms with Gasteiger partial charge in [0.15, 0.2) is 11.5 Å². The number of benzene rings is 2. The van der Waals surface area contributed by atoms with Crippen LogP contribution in [0, 0.1) is 23.2 Å². The summed E-state index contributed by atoms with van der Waals surface area (Å²) in [6.45, 7) is 5.91. The largest absolute Gasteiger partial charge is 0.490 e. The lowest BCUT2D eigenvalue weighted by molar-refractivity contribution is 0.258. The number of nitriles is 1. The van der Waals surface area contributed by atoms with Crippen LogP contribution in [-0.4, -0.2) is 13.2 Å². The molecule has 2 rings (SSSR count). The lowest BCUT2D eigenvalue weighted by Crippen LogP contribution is -2.03. The molecule has 3 nitrogen and oxygen atoms in total. The highest BCUT2D eigenvalue weighted by atomic mass is 16.5. The van der Waals surface area contributed by atoms with Crippen molar-refractivity contribution in [2.75, 3.05) is 13.2 Å². The van der Waals surface area contributed by atoms with E-state index in [1.165, 1.54) is 64.2 Å². The van der Waals surface area contributed by atoms with Gasteiger partial charge in [-0.2, -0.15) is 5.26 Å². The first-order valence-corrected chi connectivity index (χ1v) is 13.2. The quantitative estimate of drug-likeness (QED) is 0.187. The van der Waals surface area contributed by atoms with E-state index in [0.29, 0.717) is 12.2 Å². The van der Waals surface area contributed by atoms with Gasteiger partial charge in [-0.3, -0.25) is 0 Å². The van der Waals surface area contributed by atoms with Crippen molar-refractivity contribution in [3.63, 3.8) is 0 Å². The number of rotatable bonds is 16. The van der Waals surface area contributed by atoms with Gasteiger partial charge in [-0.05, 0) is 55.3 Å². The first kappa shape index (κ1) is 27.3. The smallest absolute Gasteiger partial charge is 0.162 e. The van der Waals surface area contributed by atoms with Gasteiger partial charge in [0.1, 0.15) is 0 Å². The summed E-state index contributed by atoms with van der Waals surface area (Å²) in [5.74, 6) is 7.99. The van der Waals surface area contributed by atoms with Gasteiger partial charge < -0.3 is 9.47 Å². The van der Waals surface area contributed by atoms with E-state index in [2.05, 4.69) is 31.8 Å². The average molecular weight is 460 g/mol. The number of unbranched alkanes of at least 4 members (excludes halogenated alkanes) is 10. The molecule has 0 heterocycles. The van der Waals surface area contributed by atoms with E-state index in [-0.39, 0.29) is 0 Å². The minimum Gasteiger partial charge on any atom is -0.490 e. The zero-order valence-corrected chi connectivity index (χ0v) is 21.2. The molecule has 34 heavy (non-hydrogen) atoms. The molecule has 3 heteroatoms. The Hall–Kier alpha value is -2.91. The molecule has 0 saturated carbocycles. The molecule has 0 aromatic heterocycles. The first-order valence-electron chi connectivity index (χ1n) is 13.2. The van der Waals surface area contributed by atoms with Crippen LogP contribution in [0.15, 0.2) is 42.5 Å². The van der Waals surface area contributed by atoms with Crippen LogP contribution in [0.2, 0.25) is 0 Å². The highest BCUT2D eigenvalue weighted by Gasteiger charge is 2.07. The van der Waals surface area contributed by atoms with Crippen LogP contribution in [-0.2, 0) is 0 Å². The maximum Gasteiger partial charge on any atom is 0.162 e. The molecule has 0 aliphatic carbocycles. The van der Waals surface area contributed by atoms with E-state index >= 15 is 0 Å². The second-order valence-corrected chi connectivity index (χ2v) is 8.83. The zero-order chi connectivity index (χ0) is 24.3. The average Bonchev–Trinajstić information content (AvgIpc) is 2.87. The molecule has 0 aliphatic rings. The Bertz CT molecular complexity index is 915. The molecule has 0 spiro atoms. The molecule has 0 N–H and O–H groups in total. The van der Waals surface area contributed by atoms with Gasteiger partial charge in [0.25, 0.3) is 0 Å². The third kappa shape index (κ3) is 11.3. The molecule has 0 bridgehead atoms. The third-order valence-corrected chi connectivity index (χ3v) is 5.82. The van der Waals surface area contributed by atoms with Crippen molar-refractivity contribution >= 4 is 0 Å². The Balaban J connectivity index is 1.96. The van der Waals surface area contributed by atoms with E-state index < -0.39 is 0 Å². The van der Waals surface area contributed by atoms with Crippen LogP contribution < -0.4 is 9.47 Å². The van der Waals surface area contributed by atoms with Gasteiger partial charge in [-0.1, -0.05) is 89.9 Å². The number of nitrogens with zero attached hydrogens (tertiary/aromatic N) is 1. The van der Waals surface area contributed by atoms with Gasteiger partial charge >= 0.3 is 0 Å². The molecular formula is C31H41NO2. The van der Waals surface area contributed by atoms with Crippen molar-refractivity contribution in [2.24, 2.45) is 0 Å². The molecule has 0 unspecified atom stereocenters. The second-order valence-electron chi connectivity index (χ2n) is 8.83. The van der Waals surface area contributed by atoms with Crippen LogP contribution in [0.1, 0.15) is 108 Å². The summed E-state index contributed by atoms with van der Waals surface area (Å²) in [5, 5.41) is 8.95. The Morgan fingerprint density at radius 3 is 1.62 bits per heavy atom. The predicted molar refractivity (Wildman–Crippen MR) is 141 cm³/mol. The van der Waals surface area contributed by atoms with Gasteiger partial charge in [-0.15, -0.1) is 0 Å². The topological polar surface area (TPSA) is 42.2 Å². The van der Waals surface area contributed by atoms with Crippen molar-refractivity contribution in [1.82, 2.24) is 0 Å². The number of ether oxygens (including phenoxy) is 2. The van der Waals surface area contributed by atoms with E-state index in [0.717, 1.165) is 42.1 Å². The summed E-state index contributed by atoms with van der Waals surface area (Å²) in [6.07, 6.45) is 14.9. The normalized spacial score (nSPS) is 10.3. The number of hydrogen-bond acceptors (Lipinski definition) is 3. The summed E-state index contributed by atoms with van der Waals surface area (Å²) >= 11 is 0. The van der Waals surface area contributed by atoms with Crippen LogP contribution in [0.25, 0.3) is 0 Å². The maximum absolute atomic E-state index is 8.95. The van der Waals surface area contributed by atoms with Gasteiger partial charge in [0.2, 0.25) is 0 Å². The molecular weight excluding hydrogens is 418 g/mol. The van der Waals surface area contributed by atoms with E-state index in [1.807, 2.05) is 30.3 Å². The van der Waals surface area contributed by atoms with Gasteiger partial charge in [0, 0.05) is 11.1 Å². The third-order valence-electron chi connectivity index (χ3n) is 5.82. The Morgan fingerprint density at radius 2 is 1.03 bits per heavy atom. The highest BCUT2D eigenvalue weighted by molar-refractivity contribution is 5.51. The molecule has 2 aromatic carbocycles. The molecule has 0 fully saturated rings. The standard InChI is InChI=1S/C31H41NO2/c1-3-5-7-9-11-13-23-33-30-22-21-28(18-15-27-16-19-29(26-32)20-17-27)25-31(30)34-24-14-12-10-8-6-4-2/h16-17,19-22,25H,3-14,23-24H2,1-2H3. The lowest BCUT2D eigenvalue weighted by Gasteiger charge is -2.13. The summed E-state index contributed by atoms with van der Waals surface area (Å²) < 4.78 is 12.2. The lowest BCUT2D eigenvalue weighted by atomic mass is 10.1. The second kappa shape index (κ2) is 17.6. The highest BCUT2D eigenvalue weighted by Crippen LogP contribution is 2.29. The minimum atomic E-state index is 0.641. The van der Waals surface area contributed by atoms with Gasteiger partial charge in [-0.25, -0.2) is 0 Å². The fourth-order valence-corrected chi connectivity index (χ4v) is 3.72. The molecule has 0 amide bonds. The molecule has 2 aromatic rings. The van der Waals surface area contributed by atoms with Crippen LogP contribution in [0.4, 0.5) is 0 Å². The van der Waals surface area contributed by atoms with Crippen LogP contribution in [0.5, 0.6) is 11.5 Å².